The molecule has 1 heterocycles. The summed E-state index contributed by atoms with van der Waals surface area (Å²) in [5.74, 6) is 0.471. The van der Waals surface area contributed by atoms with Crippen LogP contribution in [0.1, 0.15) is 39.5 Å². The van der Waals surface area contributed by atoms with E-state index >= 15 is 0 Å². The number of β-amino-alcohol motifs (C(OH)–C–C–N with tert-alkyl or cyclic N) is 1. The first kappa shape index (κ1) is 18.1. The number of likely N-dealkylation sites (tertiary alicyclic amines) is 1. The van der Waals surface area contributed by atoms with Crippen LogP contribution in [-0.2, 0) is 0 Å². The number of alkyl halides is 1. The second kappa shape index (κ2) is 7.09. The van der Waals surface area contributed by atoms with Crippen molar-refractivity contribution < 1.29 is 24.8 Å². The first-order chi connectivity index (χ1) is 10.2. The van der Waals surface area contributed by atoms with Gasteiger partial charge in [-0.3, -0.25) is 4.90 Å². The Morgan fingerprint density at radius 2 is 1.64 bits per heavy atom. The average molecular weight is 319 g/mol. The van der Waals surface area contributed by atoms with Crippen LogP contribution in [0.15, 0.2) is 0 Å². The second-order valence-electron chi connectivity index (χ2n) is 7.53. The molecule has 0 spiro atoms. The van der Waals surface area contributed by atoms with Gasteiger partial charge in [0.1, 0.15) is 17.9 Å². The highest BCUT2D eigenvalue weighted by Crippen LogP contribution is 2.38. The topological polar surface area (TPSA) is 84.2 Å². The van der Waals surface area contributed by atoms with Crippen molar-refractivity contribution in [2.75, 3.05) is 19.7 Å². The summed E-state index contributed by atoms with van der Waals surface area (Å²) < 4.78 is 14.0. The van der Waals surface area contributed by atoms with Gasteiger partial charge in [0.15, 0.2) is 0 Å². The Balaban J connectivity index is 1.90. The van der Waals surface area contributed by atoms with Gasteiger partial charge in [-0.05, 0) is 51.4 Å². The zero-order valence-electron chi connectivity index (χ0n) is 13.5. The Kier molecular flexibility index (Phi) is 5.83. The van der Waals surface area contributed by atoms with Crippen molar-refractivity contribution in [2.45, 2.75) is 69.6 Å². The summed E-state index contributed by atoms with van der Waals surface area (Å²) in [6, 6.07) is -0.547. The van der Waals surface area contributed by atoms with Crippen LogP contribution in [-0.4, -0.2) is 75.0 Å². The number of halogens is 1. The molecule has 130 valence electrons. The van der Waals surface area contributed by atoms with Crippen LogP contribution < -0.4 is 0 Å². The summed E-state index contributed by atoms with van der Waals surface area (Å²) in [5.41, 5.74) is -1.14. The summed E-state index contributed by atoms with van der Waals surface area (Å²) >= 11 is 0. The van der Waals surface area contributed by atoms with E-state index < -0.39 is 30.0 Å². The normalized spacial score (nSPS) is 41.6. The predicted octanol–water partition coefficient (Wildman–Crippen LogP) is 0.300. The number of rotatable bonds is 4. The molecule has 0 amide bonds. The van der Waals surface area contributed by atoms with Crippen molar-refractivity contribution in [3.63, 3.8) is 0 Å². The van der Waals surface area contributed by atoms with E-state index in [2.05, 4.69) is 0 Å². The first-order valence-corrected chi connectivity index (χ1v) is 8.32. The third kappa shape index (κ3) is 3.97. The van der Waals surface area contributed by atoms with Crippen molar-refractivity contribution in [3.8, 4) is 0 Å². The van der Waals surface area contributed by atoms with Crippen LogP contribution >= 0.6 is 0 Å². The molecule has 0 aromatic heterocycles. The second-order valence-corrected chi connectivity index (χ2v) is 7.53. The Hall–Kier alpha value is -0.270. The van der Waals surface area contributed by atoms with E-state index in [4.69, 9.17) is 0 Å². The molecule has 1 saturated carbocycles. The number of hydrogen-bond donors (Lipinski definition) is 4. The van der Waals surface area contributed by atoms with Crippen molar-refractivity contribution in [3.05, 3.63) is 0 Å². The van der Waals surface area contributed by atoms with E-state index in [0.717, 1.165) is 25.7 Å². The molecule has 5 nitrogen and oxygen atoms in total. The standard InChI is InChI=1S/C16H30FNO4/c1-16(2,17)11-5-3-10(4-6-11)7-18-8-13(20)15(22)14(21)12(18)9-19/h10-15,19-22H,3-9H2,1-2H3/t10-,11-,12-,13+,14-,15-/m1/s1. The SMILES string of the molecule is CC(C)(F)[C@H]1CC[C@H](CN2C[C@H](O)[C@@H](O)[C@H](O)[C@H]2CO)CC1. The summed E-state index contributed by atoms with van der Waals surface area (Å²) in [6.45, 7) is 3.93. The third-order valence-electron chi connectivity index (χ3n) is 5.53. The van der Waals surface area contributed by atoms with Gasteiger partial charge < -0.3 is 20.4 Å². The van der Waals surface area contributed by atoms with E-state index in [-0.39, 0.29) is 19.1 Å². The molecule has 0 radical (unpaired) electrons. The van der Waals surface area contributed by atoms with Crippen molar-refractivity contribution in [1.82, 2.24) is 4.90 Å². The highest BCUT2D eigenvalue weighted by molar-refractivity contribution is 4.95. The maximum absolute atomic E-state index is 14.0. The first-order valence-electron chi connectivity index (χ1n) is 8.32. The number of piperidine rings is 1. The van der Waals surface area contributed by atoms with Gasteiger partial charge in [-0.2, -0.15) is 0 Å². The highest BCUT2D eigenvalue weighted by atomic mass is 19.1. The molecule has 1 aliphatic carbocycles. The summed E-state index contributed by atoms with van der Waals surface area (Å²) in [5, 5.41) is 39.0. The minimum atomic E-state index is -1.21. The fourth-order valence-electron chi connectivity index (χ4n) is 3.95. The van der Waals surface area contributed by atoms with Crippen LogP contribution in [0.25, 0.3) is 0 Å². The summed E-state index contributed by atoms with van der Waals surface area (Å²) in [7, 11) is 0. The van der Waals surface area contributed by atoms with Crippen molar-refractivity contribution in [2.24, 2.45) is 11.8 Å². The van der Waals surface area contributed by atoms with Crippen LogP contribution in [0.2, 0.25) is 0 Å². The number of hydrogen-bond acceptors (Lipinski definition) is 5. The van der Waals surface area contributed by atoms with E-state index in [9.17, 15) is 24.8 Å². The molecule has 22 heavy (non-hydrogen) atoms. The molecule has 4 atom stereocenters. The number of aliphatic hydroxyl groups is 4. The summed E-state index contributed by atoms with van der Waals surface area (Å²) in [6.07, 6.45) is 0.173. The Morgan fingerprint density at radius 1 is 1.05 bits per heavy atom. The van der Waals surface area contributed by atoms with Crippen molar-refractivity contribution in [1.29, 1.82) is 0 Å². The minimum Gasteiger partial charge on any atom is -0.395 e. The largest absolute Gasteiger partial charge is 0.395 e. The zero-order valence-corrected chi connectivity index (χ0v) is 13.5. The molecule has 0 bridgehead atoms. The maximum atomic E-state index is 14.0. The van der Waals surface area contributed by atoms with Gasteiger partial charge in [-0.25, -0.2) is 4.39 Å². The van der Waals surface area contributed by atoms with Gasteiger partial charge in [0.25, 0.3) is 0 Å². The van der Waals surface area contributed by atoms with E-state index in [1.807, 2.05) is 4.90 Å². The Bertz CT molecular complexity index is 355. The lowest BCUT2D eigenvalue weighted by atomic mass is 9.75. The zero-order chi connectivity index (χ0) is 16.5. The molecule has 6 heteroatoms. The van der Waals surface area contributed by atoms with Crippen LogP contribution in [0.3, 0.4) is 0 Å². The van der Waals surface area contributed by atoms with Crippen LogP contribution in [0.5, 0.6) is 0 Å². The third-order valence-corrected chi connectivity index (χ3v) is 5.53. The molecule has 1 saturated heterocycles. The van der Waals surface area contributed by atoms with E-state index in [1.165, 1.54) is 0 Å². The lowest BCUT2D eigenvalue weighted by Gasteiger charge is -2.45. The van der Waals surface area contributed by atoms with Gasteiger partial charge in [-0.15, -0.1) is 0 Å². The predicted molar refractivity (Wildman–Crippen MR) is 81.1 cm³/mol. The minimum absolute atomic E-state index is 0.0942. The maximum Gasteiger partial charge on any atom is 0.109 e. The van der Waals surface area contributed by atoms with Gasteiger partial charge >= 0.3 is 0 Å². The van der Waals surface area contributed by atoms with Gasteiger partial charge in [0.05, 0.1) is 18.8 Å². The molecule has 0 aromatic rings. The van der Waals surface area contributed by atoms with E-state index in [1.54, 1.807) is 13.8 Å². The summed E-state index contributed by atoms with van der Waals surface area (Å²) in [4.78, 5) is 1.87. The quantitative estimate of drug-likeness (QED) is 0.599. The smallest absolute Gasteiger partial charge is 0.109 e. The molecular formula is C16H30FNO4. The molecule has 1 aliphatic heterocycles. The number of aliphatic hydroxyl groups excluding tert-OH is 4. The van der Waals surface area contributed by atoms with Crippen LogP contribution in [0, 0.1) is 11.8 Å². The lowest BCUT2D eigenvalue weighted by Crippen LogP contribution is -2.63. The molecule has 2 rings (SSSR count). The lowest BCUT2D eigenvalue weighted by molar-refractivity contribution is -0.148. The fraction of sp³-hybridized carbons (Fsp3) is 1.00. The molecular weight excluding hydrogens is 289 g/mol. The Labute approximate surface area is 131 Å². The van der Waals surface area contributed by atoms with Gasteiger partial charge in [0, 0.05) is 13.1 Å². The molecule has 4 N–H and O–H groups in total. The van der Waals surface area contributed by atoms with Gasteiger partial charge in [-0.1, -0.05) is 0 Å². The molecule has 2 fully saturated rings. The monoisotopic (exact) mass is 319 g/mol. The fourth-order valence-corrected chi connectivity index (χ4v) is 3.95. The molecule has 0 aromatic carbocycles. The highest BCUT2D eigenvalue weighted by Gasteiger charge is 2.42. The number of nitrogens with zero attached hydrogens (tertiary/aromatic N) is 1. The van der Waals surface area contributed by atoms with E-state index in [0.29, 0.717) is 12.5 Å². The van der Waals surface area contributed by atoms with Gasteiger partial charge in [0.2, 0.25) is 0 Å². The average Bonchev–Trinajstić information content (AvgIpc) is 2.45. The Morgan fingerprint density at radius 3 is 2.14 bits per heavy atom. The van der Waals surface area contributed by atoms with Crippen LogP contribution in [0.4, 0.5) is 4.39 Å². The molecule has 2 aliphatic rings. The van der Waals surface area contributed by atoms with Crippen molar-refractivity contribution >= 4 is 0 Å². The molecule has 0 unspecified atom stereocenters.